The van der Waals surface area contributed by atoms with E-state index in [2.05, 4.69) is 159 Å². The molecule has 0 saturated heterocycles. The minimum atomic E-state index is 0.964. The molecule has 4 heteroatoms. The molecule has 0 aliphatic carbocycles. The average molecular weight is 575 g/mol. The number of hydrogen-bond donors (Lipinski definition) is 0. The first kappa shape index (κ1) is 24.3. The topological polar surface area (TPSA) is 27.7 Å². The molecule has 0 amide bonds. The van der Waals surface area contributed by atoms with E-state index in [1.165, 1.54) is 54.4 Å². The molecule has 3 heterocycles. The highest BCUT2D eigenvalue weighted by molar-refractivity contribution is 6.36. The van der Waals surface area contributed by atoms with Crippen LogP contribution in [0.4, 0.5) is 0 Å². The minimum Gasteiger partial charge on any atom is -0.309 e. The van der Waals surface area contributed by atoms with Gasteiger partial charge in [-0.1, -0.05) is 97.1 Å². The number of aromatic nitrogens is 4. The van der Waals surface area contributed by atoms with Crippen molar-refractivity contribution in [3.63, 3.8) is 0 Å². The Morgan fingerprint density at radius 3 is 1.64 bits per heavy atom. The van der Waals surface area contributed by atoms with Crippen LogP contribution < -0.4 is 0 Å². The molecule has 0 bridgehead atoms. The molecule has 3 aromatic heterocycles. The molecule has 0 unspecified atom stereocenters. The normalized spacial score (nSPS) is 12.0. The maximum absolute atomic E-state index is 4.88. The second kappa shape index (κ2) is 9.18. The summed E-state index contributed by atoms with van der Waals surface area (Å²) in [7, 11) is 0. The largest absolute Gasteiger partial charge is 0.309 e. The Labute approximate surface area is 258 Å². The maximum Gasteiger partial charge on any atom is 0.100 e. The Hall–Kier alpha value is -6.13. The maximum atomic E-state index is 4.88. The Morgan fingerprint density at radius 1 is 0.378 bits per heavy atom. The SMILES string of the molecule is c1ccc(-n2cnc3cc(-n4c5ccccc5c5c6ccccc6c6c(c7ccccc7n6-c6ccccc6)c54)ccc32)cc1. The first-order valence-electron chi connectivity index (χ1n) is 15.3. The lowest BCUT2D eigenvalue weighted by atomic mass is 9.99. The fourth-order valence-electron chi connectivity index (χ4n) is 7.44. The lowest BCUT2D eigenvalue weighted by molar-refractivity contribution is 1.09. The van der Waals surface area contributed by atoms with E-state index in [1.807, 2.05) is 12.4 Å². The molecular formula is C41H26N4. The molecule has 10 rings (SSSR count). The summed E-state index contributed by atoms with van der Waals surface area (Å²) in [5.74, 6) is 0. The van der Waals surface area contributed by atoms with Crippen LogP contribution in [0.3, 0.4) is 0 Å². The molecule has 0 saturated carbocycles. The molecule has 0 spiro atoms. The lowest BCUT2D eigenvalue weighted by Crippen LogP contribution is -1.97. The lowest BCUT2D eigenvalue weighted by Gasteiger charge is -2.13. The Balaban J connectivity index is 1.41. The predicted octanol–water partition coefficient (Wildman–Crippen LogP) is 10.4. The third kappa shape index (κ3) is 3.34. The van der Waals surface area contributed by atoms with Crippen LogP contribution in [-0.4, -0.2) is 18.7 Å². The molecule has 45 heavy (non-hydrogen) atoms. The van der Waals surface area contributed by atoms with Gasteiger partial charge >= 0.3 is 0 Å². The number of rotatable bonds is 3. The standard InChI is InChI=1S/C41H26N4/c1-3-13-27(14-4-1)43-26-42-34-25-29(23-24-37(34)43)45-35-21-11-9-19-32(35)38-30-17-7-8-18-31(30)40-39(41(38)45)33-20-10-12-22-36(33)44(40)28-15-5-2-6-16-28/h1-26H. The number of hydrogen-bond acceptors (Lipinski definition) is 1. The summed E-state index contributed by atoms with van der Waals surface area (Å²) in [5.41, 5.74) is 10.2. The van der Waals surface area contributed by atoms with Gasteiger partial charge in [0.1, 0.15) is 6.33 Å². The summed E-state index contributed by atoms with van der Waals surface area (Å²) < 4.78 is 7.06. The molecule has 0 radical (unpaired) electrons. The van der Waals surface area contributed by atoms with Crippen molar-refractivity contribution in [1.82, 2.24) is 18.7 Å². The highest BCUT2D eigenvalue weighted by Crippen LogP contribution is 2.46. The third-order valence-electron chi connectivity index (χ3n) is 9.28. The third-order valence-corrected chi connectivity index (χ3v) is 9.28. The molecule has 0 aliphatic heterocycles. The average Bonchev–Trinajstić information content (AvgIpc) is 3.79. The highest BCUT2D eigenvalue weighted by atomic mass is 15.1. The fraction of sp³-hybridized carbons (Fsp3) is 0. The second-order valence-corrected chi connectivity index (χ2v) is 11.7. The molecule has 10 aromatic rings. The van der Waals surface area contributed by atoms with E-state index in [0.717, 1.165) is 28.1 Å². The summed E-state index contributed by atoms with van der Waals surface area (Å²) >= 11 is 0. The summed E-state index contributed by atoms with van der Waals surface area (Å²) in [5, 5.41) is 7.53. The van der Waals surface area contributed by atoms with E-state index in [-0.39, 0.29) is 0 Å². The van der Waals surface area contributed by atoms with Gasteiger partial charge in [-0.15, -0.1) is 0 Å². The van der Waals surface area contributed by atoms with Crippen LogP contribution >= 0.6 is 0 Å². The number of fused-ring (bicyclic) bond motifs is 11. The summed E-state index contributed by atoms with van der Waals surface area (Å²) in [4.78, 5) is 4.88. The van der Waals surface area contributed by atoms with Crippen molar-refractivity contribution in [2.75, 3.05) is 0 Å². The molecular weight excluding hydrogens is 548 g/mol. The smallest absolute Gasteiger partial charge is 0.100 e. The van der Waals surface area contributed by atoms with E-state index in [1.54, 1.807) is 0 Å². The van der Waals surface area contributed by atoms with Crippen molar-refractivity contribution in [3.8, 4) is 17.1 Å². The van der Waals surface area contributed by atoms with Crippen LogP contribution in [0.5, 0.6) is 0 Å². The molecule has 0 aliphatic rings. The van der Waals surface area contributed by atoms with Gasteiger partial charge in [-0.3, -0.25) is 4.57 Å². The predicted molar refractivity (Wildman–Crippen MR) is 187 cm³/mol. The van der Waals surface area contributed by atoms with Crippen molar-refractivity contribution in [2.24, 2.45) is 0 Å². The molecule has 0 atom stereocenters. The van der Waals surface area contributed by atoms with Gasteiger partial charge in [0.2, 0.25) is 0 Å². The van der Waals surface area contributed by atoms with E-state index in [0.29, 0.717) is 0 Å². The molecule has 210 valence electrons. The van der Waals surface area contributed by atoms with Gasteiger partial charge in [0.05, 0.1) is 33.1 Å². The van der Waals surface area contributed by atoms with Gasteiger partial charge in [0.25, 0.3) is 0 Å². The van der Waals surface area contributed by atoms with Crippen molar-refractivity contribution in [2.45, 2.75) is 0 Å². The Bertz CT molecular complexity index is 2750. The molecule has 4 nitrogen and oxygen atoms in total. The number of nitrogens with zero attached hydrogens (tertiary/aromatic N) is 4. The van der Waals surface area contributed by atoms with Gasteiger partial charge < -0.3 is 9.13 Å². The number of para-hydroxylation sites is 4. The van der Waals surface area contributed by atoms with E-state index in [9.17, 15) is 0 Å². The molecule has 0 fully saturated rings. The van der Waals surface area contributed by atoms with Gasteiger partial charge in [-0.25, -0.2) is 4.98 Å². The zero-order chi connectivity index (χ0) is 29.5. The van der Waals surface area contributed by atoms with Crippen LogP contribution in [-0.2, 0) is 0 Å². The Kier molecular flexibility index (Phi) is 4.96. The number of imidazole rings is 1. The summed E-state index contributed by atoms with van der Waals surface area (Å²) in [6.45, 7) is 0. The fourth-order valence-corrected chi connectivity index (χ4v) is 7.44. The van der Waals surface area contributed by atoms with Gasteiger partial charge in [-0.05, 0) is 60.0 Å². The Morgan fingerprint density at radius 2 is 0.933 bits per heavy atom. The van der Waals surface area contributed by atoms with E-state index >= 15 is 0 Å². The van der Waals surface area contributed by atoms with Crippen LogP contribution in [0.1, 0.15) is 0 Å². The summed E-state index contributed by atoms with van der Waals surface area (Å²) in [6, 6.07) is 54.4. The first-order chi connectivity index (χ1) is 22.4. The van der Waals surface area contributed by atoms with Crippen LogP contribution in [0.15, 0.2) is 158 Å². The molecule has 7 aromatic carbocycles. The van der Waals surface area contributed by atoms with Crippen molar-refractivity contribution < 1.29 is 0 Å². The summed E-state index contributed by atoms with van der Waals surface area (Å²) in [6.07, 6.45) is 1.93. The van der Waals surface area contributed by atoms with Crippen molar-refractivity contribution in [3.05, 3.63) is 158 Å². The monoisotopic (exact) mass is 574 g/mol. The second-order valence-electron chi connectivity index (χ2n) is 11.7. The zero-order valence-corrected chi connectivity index (χ0v) is 24.3. The van der Waals surface area contributed by atoms with E-state index in [4.69, 9.17) is 4.98 Å². The quantitative estimate of drug-likeness (QED) is 0.206. The highest BCUT2D eigenvalue weighted by Gasteiger charge is 2.24. The van der Waals surface area contributed by atoms with E-state index < -0.39 is 0 Å². The minimum absolute atomic E-state index is 0.964. The van der Waals surface area contributed by atoms with Gasteiger partial charge in [0, 0.05) is 44.0 Å². The van der Waals surface area contributed by atoms with Gasteiger partial charge in [0.15, 0.2) is 0 Å². The van der Waals surface area contributed by atoms with Gasteiger partial charge in [-0.2, -0.15) is 0 Å². The van der Waals surface area contributed by atoms with Crippen LogP contribution in [0, 0.1) is 0 Å². The van der Waals surface area contributed by atoms with Crippen LogP contribution in [0.2, 0.25) is 0 Å². The van der Waals surface area contributed by atoms with Crippen molar-refractivity contribution in [1.29, 1.82) is 0 Å². The zero-order valence-electron chi connectivity index (χ0n) is 24.3. The molecule has 0 N–H and O–H groups in total. The number of benzene rings is 7. The first-order valence-corrected chi connectivity index (χ1v) is 15.3. The van der Waals surface area contributed by atoms with Crippen molar-refractivity contribution >= 4 is 65.4 Å². The van der Waals surface area contributed by atoms with Crippen LogP contribution in [0.25, 0.3) is 82.5 Å².